The molecule has 1 nitrogen and oxygen atoms in total. The molecule has 1 N–H and O–H groups in total. The van der Waals surface area contributed by atoms with Gasteiger partial charge < -0.3 is 5.11 Å². The van der Waals surface area contributed by atoms with Crippen LogP contribution in [-0.4, -0.2) is 11.2 Å². The largest absolute Gasteiger partial charge is 0.393 e. The minimum Gasteiger partial charge on any atom is -0.393 e. The van der Waals surface area contributed by atoms with Crippen molar-refractivity contribution < 1.29 is 5.11 Å². The van der Waals surface area contributed by atoms with Crippen LogP contribution in [-0.2, 0) is 0 Å². The second-order valence-electron chi connectivity index (χ2n) is 6.14. The fourth-order valence-electron chi connectivity index (χ4n) is 4.37. The van der Waals surface area contributed by atoms with E-state index in [-0.39, 0.29) is 6.10 Å². The molecule has 3 rings (SSSR count). The van der Waals surface area contributed by atoms with Crippen LogP contribution >= 0.6 is 0 Å². The van der Waals surface area contributed by atoms with Crippen LogP contribution in [0.2, 0.25) is 0 Å². The molecule has 0 aromatic heterocycles. The monoisotopic (exact) mass is 208 g/mol. The van der Waals surface area contributed by atoms with Gasteiger partial charge in [-0.2, -0.15) is 0 Å². The second kappa shape index (κ2) is 4.08. The smallest absolute Gasteiger partial charge is 0.0576 e. The Balaban J connectivity index is 1.47. The fourth-order valence-corrected chi connectivity index (χ4v) is 4.37. The van der Waals surface area contributed by atoms with Gasteiger partial charge in [0.2, 0.25) is 0 Å². The Morgan fingerprint density at radius 3 is 2.20 bits per heavy atom. The first kappa shape index (κ1) is 10.1. The molecule has 3 aliphatic carbocycles. The van der Waals surface area contributed by atoms with Gasteiger partial charge in [-0.15, -0.1) is 0 Å². The summed E-state index contributed by atoms with van der Waals surface area (Å²) in [5.41, 5.74) is 0. The van der Waals surface area contributed by atoms with Gasteiger partial charge in [0.15, 0.2) is 0 Å². The number of aliphatic hydroxyl groups excluding tert-OH is 1. The lowest BCUT2D eigenvalue weighted by atomic mass is 9.84. The van der Waals surface area contributed by atoms with E-state index in [0.717, 1.165) is 30.1 Å². The number of hydrogen-bond acceptors (Lipinski definition) is 1. The van der Waals surface area contributed by atoms with Crippen molar-refractivity contribution >= 4 is 0 Å². The van der Waals surface area contributed by atoms with Gasteiger partial charge in [-0.25, -0.2) is 0 Å². The summed E-state index contributed by atoms with van der Waals surface area (Å²) in [7, 11) is 0. The highest BCUT2D eigenvalue weighted by Crippen LogP contribution is 2.59. The van der Waals surface area contributed by atoms with Gasteiger partial charge in [0.1, 0.15) is 0 Å². The summed E-state index contributed by atoms with van der Waals surface area (Å²) in [6.07, 6.45) is 12.5. The molecule has 3 fully saturated rings. The minimum atomic E-state index is 0.0587. The van der Waals surface area contributed by atoms with Crippen LogP contribution in [0.3, 0.4) is 0 Å². The molecule has 1 heteroatoms. The normalized spacial score (nSPS) is 42.6. The molecule has 15 heavy (non-hydrogen) atoms. The van der Waals surface area contributed by atoms with Crippen molar-refractivity contribution in [2.75, 3.05) is 0 Å². The molecule has 3 unspecified atom stereocenters. The Morgan fingerprint density at radius 2 is 1.53 bits per heavy atom. The van der Waals surface area contributed by atoms with Gasteiger partial charge in [0, 0.05) is 0 Å². The van der Waals surface area contributed by atoms with Gasteiger partial charge in [0.25, 0.3) is 0 Å². The third-order valence-corrected chi connectivity index (χ3v) is 5.22. The van der Waals surface area contributed by atoms with E-state index in [0.29, 0.717) is 0 Å². The summed E-state index contributed by atoms with van der Waals surface area (Å²) in [5, 5.41) is 10.2. The van der Waals surface area contributed by atoms with E-state index >= 15 is 0 Å². The molecule has 3 atom stereocenters. The Bertz CT molecular complexity index is 209. The highest BCUT2D eigenvalue weighted by molar-refractivity contribution is 5.04. The second-order valence-corrected chi connectivity index (χ2v) is 6.14. The summed E-state index contributed by atoms with van der Waals surface area (Å²) in [6.45, 7) is 0. The lowest BCUT2D eigenvalue weighted by Crippen LogP contribution is -2.19. The summed E-state index contributed by atoms with van der Waals surface area (Å²) in [5.74, 6) is 3.45. The summed E-state index contributed by atoms with van der Waals surface area (Å²) < 4.78 is 0. The number of aliphatic hydroxyl groups is 1. The van der Waals surface area contributed by atoms with Crippen LogP contribution in [0.5, 0.6) is 0 Å². The van der Waals surface area contributed by atoms with Crippen molar-refractivity contribution in [2.24, 2.45) is 23.7 Å². The fraction of sp³-hybridized carbons (Fsp3) is 1.00. The van der Waals surface area contributed by atoms with Crippen molar-refractivity contribution in [2.45, 2.75) is 63.9 Å². The Labute approximate surface area is 93.3 Å². The Kier molecular flexibility index (Phi) is 2.76. The zero-order valence-corrected chi connectivity index (χ0v) is 9.70. The number of rotatable bonds is 3. The standard InChI is InChI=1S/C14H24O/c15-13(9-10-5-2-1-3-6-10)14-11-7-4-8-12(11)14/h10-15H,1-9H2. The quantitative estimate of drug-likeness (QED) is 0.754. The van der Waals surface area contributed by atoms with Crippen LogP contribution in [0.1, 0.15) is 57.8 Å². The van der Waals surface area contributed by atoms with Crippen LogP contribution in [0, 0.1) is 23.7 Å². The molecule has 0 heterocycles. The third-order valence-electron chi connectivity index (χ3n) is 5.22. The highest BCUT2D eigenvalue weighted by atomic mass is 16.3. The van der Waals surface area contributed by atoms with Gasteiger partial charge in [-0.3, -0.25) is 0 Å². The van der Waals surface area contributed by atoms with E-state index in [9.17, 15) is 5.11 Å². The molecular formula is C14H24O. The molecule has 0 aliphatic heterocycles. The van der Waals surface area contributed by atoms with Crippen LogP contribution in [0.4, 0.5) is 0 Å². The van der Waals surface area contributed by atoms with Crippen molar-refractivity contribution in [3.8, 4) is 0 Å². The average molecular weight is 208 g/mol. The SMILES string of the molecule is OC(CC1CCCCC1)C1C2CCCC21. The Hall–Kier alpha value is -0.0400. The number of hydrogen-bond donors (Lipinski definition) is 1. The van der Waals surface area contributed by atoms with E-state index in [2.05, 4.69) is 0 Å². The topological polar surface area (TPSA) is 20.2 Å². The maximum absolute atomic E-state index is 10.2. The molecular weight excluding hydrogens is 184 g/mol. The molecule has 0 spiro atoms. The molecule has 3 saturated carbocycles. The van der Waals surface area contributed by atoms with E-state index in [1.54, 1.807) is 0 Å². The summed E-state index contributed by atoms with van der Waals surface area (Å²) in [4.78, 5) is 0. The van der Waals surface area contributed by atoms with Crippen LogP contribution < -0.4 is 0 Å². The molecule has 0 amide bonds. The number of fused-ring (bicyclic) bond motifs is 1. The van der Waals surface area contributed by atoms with Crippen molar-refractivity contribution in [1.29, 1.82) is 0 Å². The first-order valence-electron chi connectivity index (χ1n) is 7.04. The van der Waals surface area contributed by atoms with E-state index in [1.165, 1.54) is 51.4 Å². The van der Waals surface area contributed by atoms with Crippen LogP contribution in [0.25, 0.3) is 0 Å². The highest BCUT2D eigenvalue weighted by Gasteiger charge is 2.55. The Morgan fingerprint density at radius 1 is 0.867 bits per heavy atom. The van der Waals surface area contributed by atoms with Gasteiger partial charge in [-0.05, 0) is 42.9 Å². The maximum Gasteiger partial charge on any atom is 0.0576 e. The average Bonchev–Trinajstić information content (AvgIpc) is 2.75. The molecule has 3 aliphatic rings. The molecule has 0 radical (unpaired) electrons. The van der Waals surface area contributed by atoms with Gasteiger partial charge >= 0.3 is 0 Å². The van der Waals surface area contributed by atoms with E-state index < -0.39 is 0 Å². The zero-order chi connectivity index (χ0) is 10.3. The van der Waals surface area contributed by atoms with E-state index in [4.69, 9.17) is 0 Å². The predicted octanol–water partition coefficient (Wildman–Crippen LogP) is 3.36. The van der Waals surface area contributed by atoms with Crippen molar-refractivity contribution in [1.82, 2.24) is 0 Å². The lowest BCUT2D eigenvalue weighted by Gasteiger charge is -2.24. The first-order chi connectivity index (χ1) is 7.36. The molecule has 0 aromatic rings. The molecule has 0 bridgehead atoms. The van der Waals surface area contributed by atoms with Gasteiger partial charge in [0.05, 0.1) is 6.10 Å². The minimum absolute atomic E-state index is 0.0587. The molecule has 0 aromatic carbocycles. The van der Waals surface area contributed by atoms with Gasteiger partial charge in [-0.1, -0.05) is 38.5 Å². The van der Waals surface area contributed by atoms with E-state index in [1.807, 2.05) is 0 Å². The molecule has 86 valence electrons. The zero-order valence-electron chi connectivity index (χ0n) is 9.70. The van der Waals surface area contributed by atoms with Crippen molar-refractivity contribution in [3.05, 3.63) is 0 Å². The maximum atomic E-state index is 10.2. The van der Waals surface area contributed by atoms with Crippen LogP contribution in [0.15, 0.2) is 0 Å². The van der Waals surface area contributed by atoms with Crippen molar-refractivity contribution in [3.63, 3.8) is 0 Å². The summed E-state index contributed by atoms with van der Waals surface area (Å²) in [6, 6.07) is 0. The third kappa shape index (κ3) is 1.95. The first-order valence-corrected chi connectivity index (χ1v) is 7.04. The lowest BCUT2D eigenvalue weighted by molar-refractivity contribution is 0.0974. The molecule has 0 saturated heterocycles. The summed E-state index contributed by atoms with van der Waals surface area (Å²) >= 11 is 0. The predicted molar refractivity (Wildman–Crippen MR) is 61.5 cm³/mol.